The Balaban J connectivity index is 1.59. The summed E-state index contributed by atoms with van der Waals surface area (Å²) in [6.07, 6.45) is 1.03. The van der Waals surface area contributed by atoms with Gasteiger partial charge in [0.1, 0.15) is 4.21 Å². The third-order valence-corrected chi connectivity index (χ3v) is 9.94. The summed E-state index contributed by atoms with van der Waals surface area (Å²) in [5.41, 5.74) is 1.08. The maximum Gasteiger partial charge on any atom is 0.337 e. The average molecular weight is 620 g/mol. The normalized spacial score (nSPS) is 15.1. The lowest BCUT2D eigenvalue weighted by molar-refractivity contribution is -0.384. The molecule has 1 atom stereocenters. The second kappa shape index (κ2) is 11.2. The molecule has 0 saturated carbocycles. The minimum atomic E-state index is -4.20. The molecule has 1 aromatic heterocycles. The van der Waals surface area contributed by atoms with Gasteiger partial charge in [-0.15, -0.1) is 0 Å². The molecular weight excluding hydrogens is 598 g/mol. The molecule has 14 heteroatoms. The Morgan fingerprint density at radius 2 is 1.60 bits per heavy atom. The maximum absolute atomic E-state index is 13.7. The third kappa shape index (κ3) is 5.29. The summed E-state index contributed by atoms with van der Waals surface area (Å²) in [5.74, 6) is -3.05. The summed E-state index contributed by atoms with van der Waals surface area (Å²) in [5, 5.41) is 21.8. The van der Waals surface area contributed by atoms with Gasteiger partial charge in [-0.2, -0.15) is 0 Å². The number of anilines is 1. The Labute approximate surface area is 248 Å². The van der Waals surface area contributed by atoms with Crippen molar-refractivity contribution in [3.63, 3.8) is 0 Å². The topological polar surface area (TPSA) is 174 Å². The van der Waals surface area contributed by atoms with Gasteiger partial charge in [0, 0.05) is 17.7 Å². The van der Waals surface area contributed by atoms with E-state index < -0.39 is 44.2 Å². The second-order valence-electron chi connectivity index (χ2n) is 9.37. The molecule has 1 N–H and O–H groups in total. The molecule has 3 aromatic carbocycles. The van der Waals surface area contributed by atoms with E-state index in [0.717, 1.165) is 40.9 Å². The average Bonchev–Trinajstić information content (AvgIpc) is 3.60. The quantitative estimate of drug-likeness (QED) is 0.125. The molecule has 1 amide bonds. The summed E-state index contributed by atoms with van der Waals surface area (Å²) in [6.45, 7) is 1.84. The number of thiazole rings is 1. The smallest absolute Gasteiger partial charge is 0.337 e. The number of methoxy groups -OCH3 is 1. The number of nitro groups is 1. The van der Waals surface area contributed by atoms with Crippen LogP contribution in [0.25, 0.3) is 0 Å². The number of hydrogen-bond donors (Lipinski definition) is 1. The van der Waals surface area contributed by atoms with E-state index in [0.29, 0.717) is 16.9 Å². The number of amides is 1. The fraction of sp³-hybridized carbons (Fsp3) is 0.103. The van der Waals surface area contributed by atoms with Crippen LogP contribution in [0, 0.1) is 17.0 Å². The van der Waals surface area contributed by atoms with Crippen LogP contribution in [0.5, 0.6) is 0 Å². The zero-order valence-electron chi connectivity index (χ0n) is 22.5. The predicted molar refractivity (Wildman–Crippen MR) is 154 cm³/mol. The first kappa shape index (κ1) is 29.3. The summed E-state index contributed by atoms with van der Waals surface area (Å²) < 4.78 is 31.1. The third-order valence-electron chi connectivity index (χ3n) is 6.72. The fourth-order valence-electron chi connectivity index (χ4n) is 4.48. The number of ketones is 1. The highest BCUT2D eigenvalue weighted by Gasteiger charge is 2.46. The molecule has 12 nitrogen and oxygen atoms in total. The highest BCUT2D eigenvalue weighted by molar-refractivity contribution is 7.93. The van der Waals surface area contributed by atoms with Crippen molar-refractivity contribution in [1.29, 1.82) is 0 Å². The van der Waals surface area contributed by atoms with E-state index in [2.05, 4.69) is 4.98 Å². The van der Waals surface area contributed by atoms with E-state index in [1.807, 2.05) is 6.92 Å². The Hall–Kier alpha value is -5.21. The number of non-ortho nitro benzene ring substituents is 1. The van der Waals surface area contributed by atoms with Gasteiger partial charge in [0.25, 0.3) is 11.6 Å². The molecular formula is C29H21N3O9S2. The van der Waals surface area contributed by atoms with Gasteiger partial charge in [-0.1, -0.05) is 53.3 Å². The van der Waals surface area contributed by atoms with Crippen LogP contribution in [0.2, 0.25) is 0 Å². The van der Waals surface area contributed by atoms with E-state index >= 15 is 0 Å². The van der Waals surface area contributed by atoms with Crippen molar-refractivity contribution in [2.24, 2.45) is 0 Å². The van der Waals surface area contributed by atoms with E-state index in [-0.39, 0.29) is 36.6 Å². The van der Waals surface area contributed by atoms with Crippen LogP contribution in [0.3, 0.4) is 0 Å². The lowest BCUT2D eigenvalue weighted by atomic mass is 9.92. The van der Waals surface area contributed by atoms with Crippen molar-refractivity contribution in [2.45, 2.75) is 22.1 Å². The van der Waals surface area contributed by atoms with Crippen LogP contribution in [0.15, 0.2) is 99.4 Å². The highest BCUT2D eigenvalue weighted by Crippen LogP contribution is 2.44. The van der Waals surface area contributed by atoms with Crippen LogP contribution in [0.4, 0.5) is 10.8 Å². The first-order valence-corrected chi connectivity index (χ1v) is 14.8. The van der Waals surface area contributed by atoms with Gasteiger partial charge in [-0.05, 0) is 36.8 Å². The number of nitrogens with zero attached hydrogens (tertiary/aromatic N) is 3. The molecule has 4 aromatic rings. The summed E-state index contributed by atoms with van der Waals surface area (Å²) >= 11 is 0.619. The standard InChI is InChI=1S/C29H21N3O9S2/c1-16-3-5-18(6-4-16)25(33)23-24(17-7-9-19(10-8-17)28(36)41-2)31(27(35)26(23)34)29-30-15-22(42-29)43(39,40)21-13-11-20(12-14-21)32(37)38/h3-15,24,34H,1-2H3. The molecule has 218 valence electrons. The van der Waals surface area contributed by atoms with Crippen molar-refractivity contribution in [3.05, 3.63) is 123 Å². The van der Waals surface area contributed by atoms with Crippen LogP contribution in [-0.4, -0.2) is 48.2 Å². The van der Waals surface area contributed by atoms with Gasteiger partial charge >= 0.3 is 5.97 Å². The molecule has 0 fully saturated rings. The van der Waals surface area contributed by atoms with Gasteiger partial charge < -0.3 is 9.84 Å². The van der Waals surface area contributed by atoms with E-state index in [4.69, 9.17) is 4.74 Å². The fourth-order valence-corrected chi connectivity index (χ4v) is 7.03. The Bertz CT molecular complexity index is 1910. The Morgan fingerprint density at radius 1 is 1.00 bits per heavy atom. The van der Waals surface area contributed by atoms with Crippen molar-refractivity contribution in [2.75, 3.05) is 12.0 Å². The van der Waals surface area contributed by atoms with Gasteiger partial charge in [-0.25, -0.2) is 18.2 Å². The number of aryl methyl sites for hydroxylation is 1. The molecule has 0 radical (unpaired) electrons. The van der Waals surface area contributed by atoms with Crippen molar-refractivity contribution in [1.82, 2.24) is 4.98 Å². The molecule has 2 heterocycles. The molecule has 0 bridgehead atoms. The lowest BCUT2D eigenvalue weighted by Gasteiger charge is -2.24. The van der Waals surface area contributed by atoms with Crippen molar-refractivity contribution >= 4 is 49.7 Å². The molecule has 5 rings (SSSR count). The van der Waals surface area contributed by atoms with Crippen LogP contribution >= 0.6 is 11.3 Å². The number of nitro benzene ring substituents is 1. The number of aliphatic hydroxyl groups is 1. The number of rotatable bonds is 8. The zero-order chi connectivity index (χ0) is 31.1. The number of carbonyl (C=O) groups is 3. The Kier molecular flexibility index (Phi) is 7.65. The van der Waals surface area contributed by atoms with Gasteiger partial charge in [-0.3, -0.25) is 24.6 Å². The molecule has 0 saturated heterocycles. The van der Waals surface area contributed by atoms with E-state index in [9.17, 15) is 38.0 Å². The number of carbonyl (C=O) groups excluding carboxylic acids is 3. The first-order chi connectivity index (χ1) is 20.4. The number of Topliss-reactive ketones (excluding diaryl/α,β-unsaturated/α-hetero) is 1. The monoisotopic (exact) mass is 619 g/mol. The molecule has 0 aliphatic carbocycles. The number of hydrogen-bond acceptors (Lipinski definition) is 11. The van der Waals surface area contributed by atoms with Gasteiger partial charge in [0.05, 0.1) is 40.3 Å². The van der Waals surface area contributed by atoms with Gasteiger partial charge in [0.2, 0.25) is 9.84 Å². The minimum Gasteiger partial charge on any atom is -0.503 e. The second-order valence-corrected chi connectivity index (χ2v) is 12.6. The van der Waals surface area contributed by atoms with Crippen molar-refractivity contribution < 1.29 is 37.6 Å². The minimum absolute atomic E-state index is 0.134. The SMILES string of the molecule is COC(=O)c1ccc(C2C(C(=O)c3ccc(C)cc3)=C(O)C(=O)N2c2ncc(S(=O)(=O)c3ccc([N+](=O)[O-])cc3)s2)cc1. The van der Waals surface area contributed by atoms with E-state index in [1.165, 1.54) is 31.4 Å². The summed E-state index contributed by atoms with van der Waals surface area (Å²) in [4.78, 5) is 54.4. The molecule has 1 aliphatic heterocycles. The number of aromatic nitrogens is 1. The number of esters is 1. The number of sulfone groups is 1. The highest BCUT2D eigenvalue weighted by atomic mass is 32.2. The number of benzene rings is 3. The molecule has 1 unspecified atom stereocenters. The van der Waals surface area contributed by atoms with Crippen molar-refractivity contribution in [3.8, 4) is 0 Å². The first-order valence-electron chi connectivity index (χ1n) is 12.5. The summed E-state index contributed by atoms with van der Waals surface area (Å²) in [7, 11) is -2.98. The summed E-state index contributed by atoms with van der Waals surface area (Å²) in [6, 6.07) is 15.4. The number of ether oxygens (including phenoxy) is 1. The predicted octanol–water partition coefficient (Wildman–Crippen LogP) is 4.76. The van der Waals surface area contributed by atoms with Crippen LogP contribution in [0.1, 0.15) is 37.9 Å². The largest absolute Gasteiger partial charge is 0.503 e. The molecule has 43 heavy (non-hydrogen) atoms. The van der Waals surface area contributed by atoms with Crippen LogP contribution < -0.4 is 4.90 Å². The van der Waals surface area contributed by atoms with Crippen LogP contribution in [-0.2, 0) is 19.4 Å². The lowest BCUT2D eigenvalue weighted by Crippen LogP contribution is -2.31. The number of aliphatic hydroxyl groups excluding tert-OH is 1. The maximum atomic E-state index is 13.7. The van der Waals surface area contributed by atoms with Gasteiger partial charge in [0.15, 0.2) is 16.7 Å². The zero-order valence-corrected chi connectivity index (χ0v) is 24.1. The Morgan fingerprint density at radius 3 is 2.19 bits per heavy atom. The molecule has 0 spiro atoms. The molecule has 1 aliphatic rings. The van der Waals surface area contributed by atoms with E-state index in [1.54, 1.807) is 24.3 Å².